The van der Waals surface area contributed by atoms with E-state index >= 15 is 0 Å². The molecule has 0 aliphatic rings. The molecule has 0 aromatic carbocycles. The molecule has 1 atom stereocenters. The zero-order chi connectivity index (χ0) is 11.3. The lowest BCUT2D eigenvalue weighted by atomic mass is 10.1. The van der Waals surface area contributed by atoms with Crippen molar-refractivity contribution in [3.05, 3.63) is 29.6 Å². The minimum atomic E-state index is 0.00102. The van der Waals surface area contributed by atoms with Crippen LogP contribution in [0.15, 0.2) is 18.5 Å². The largest absolute Gasteiger partial charge is 0.377 e. The topological polar surface area (TPSA) is 60.2 Å². The summed E-state index contributed by atoms with van der Waals surface area (Å²) in [5, 5.41) is 0. The first kappa shape index (κ1) is 12.1. The molecule has 3 N–H and O–H groups in total. The predicted octanol–water partition coefficient (Wildman–Crippen LogP) is 1.32. The van der Waals surface area contributed by atoms with Crippen molar-refractivity contribution in [2.45, 2.75) is 32.9 Å². The molecule has 0 radical (unpaired) electrons. The molecule has 4 nitrogen and oxygen atoms in total. The Balaban J connectivity index is 2.70. The van der Waals surface area contributed by atoms with E-state index in [1.165, 1.54) is 5.56 Å². The number of hydrazine groups is 1. The zero-order valence-electron chi connectivity index (χ0n) is 9.53. The third-order valence-electron chi connectivity index (χ3n) is 2.25. The summed E-state index contributed by atoms with van der Waals surface area (Å²) >= 11 is 0. The summed E-state index contributed by atoms with van der Waals surface area (Å²) in [6.07, 6.45) is 3.80. The highest BCUT2D eigenvalue weighted by Crippen LogP contribution is 2.16. The fourth-order valence-corrected chi connectivity index (χ4v) is 1.36. The molecule has 1 unspecified atom stereocenters. The number of aromatic nitrogens is 1. The van der Waals surface area contributed by atoms with E-state index in [4.69, 9.17) is 10.6 Å². The summed E-state index contributed by atoms with van der Waals surface area (Å²) in [5.41, 5.74) is 5.00. The SMILES string of the molecule is Cc1ccncc1C(COC(C)C)NN. The summed E-state index contributed by atoms with van der Waals surface area (Å²) in [5.74, 6) is 5.50. The number of pyridine rings is 1. The van der Waals surface area contributed by atoms with Gasteiger partial charge in [0.05, 0.1) is 18.8 Å². The Hall–Kier alpha value is -0.970. The van der Waals surface area contributed by atoms with Gasteiger partial charge in [-0.05, 0) is 38.0 Å². The summed E-state index contributed by atoms with van der Waals surface area (Å²) in [6, 6.07) is 1.97. The first-order valence-corrected chi connectivity index (χ1v) is 5.13. The Morgan fingerprint density at radius 2 is 2.27 bits per heavy atom. The van der Waals surface area contributed by atoms with Crippen LogP contribution >= 0.6 is 0 Å². The van der Waals surface area contributed by atoms with Gasteiger partial charge in [0, 0.05) is 12.4 Å². The van der Waals surface area contributed by atoms with E-state index in [0.717, 1.165) is 5.56 Å². The number of nitrogens with one attached hydrogen (secondary N) is 1. The van der Waals surface area contributed by atoms with Crippen molar-refractivity contribution in [1.29, 1.82) is 0 Å². The summed E-state index contributed by atoms with van der Waals surface area (Å²) in [6.45, 7) is 6.60. The number of rotatable bonds is 5. The molecule has 84 valence electrons. The zero-order valence-corrected chi connectivity index (χ0v) is 9.53. The molecule has 0 aliphatic carbocycles. The van der Waals surface area contributed by atoms with Gasteiger partial charge >= 0.3 is 0 Å². The van der Waals surface area contributed by atoms with Gasteiger partial charge < -0.3 is 4.74 Å². The molecule has 0 amide bonds. The van der Waals surface area contributed by atoms with E-state index in [2.05, 4.69) is 10.4 Å². The lowest BCUT2D eigenvalue weighted by Gasteiger charge is -2.19. The number of ether oxygens (including phenoxy) is 1. The first-order chi connectivity index (χ1) is 7.15. The van der Waals surface area contributed by atoms with Gasteiger partial charge in [0.15, 0.2) is 0 Å². The molecule has 1 rings (SSSR count). The monoisotopic (exact) mass is 209 g/mol. The second-order valence-electron chi connectivity index (χ2n) is 3.83. The van der Waals surface area contributed by atoms with Crippen LogP contribution in [0.2, 0.25) is 0 Å². The minimum Gasteiger partial charge on any atom is -0.377 e. The Bertz CT molecular complexity index is 302. The molecule has 4 heteroatoms. The lowest BCUT2D eigenvalue weighted by molar-refractivity contribution is 0.0609. The first-order valence-electron chi connectivity index (χ1n) is 5.13. The molecule has 0 aliphatic heterocycles. The lowest BCUT2D eigenvalue weighted by Crippen LogP contribution is -2.32. The summed E-state index contributed by atoms with van der Waals surface area (Å²) < 4.78 is 5.53. The van der Waals surface area contributed by atoms with Crippen LogP contribution in [0.25, 0.3) is 0 Å². The maximum absolute atomic E-state index is 5.53. The average molecular weight is 209 g/mol. The number of aryl methyl sites for hydroxylation is 1. The maximum atomic E-state index is 5.53. The van der Waals surface area contributed by atoms with Crippen LogP contribution in [-0.4, -0.2) is 17.7 Å². The van der Waals surface area contributed by atoms with Gasteiger partial charge in [-0.1, -0.05) is 0 Å². The maximum Gasteiger partial charge on any atom is 0.0711 e. The highest BCUT2D eigenvalue weighted by Gasteiger charge is 2.12. The second-order valence-corrected chi connectivity index (χ2v) is 3.83. The molecule has 0 fully saturated rings. The van der Waals surface area contributed by atoms with Gasteiger partial charge in [0.2, 0.25) is 0 Å². The number of nitrogens with zero attached hydrogens (tertiary/aromatic N) is 1. The Labute approximate surface area is 90.8 Å². The molecule has 1 aromatic heterocycles. The van der Waals surface area contributed by atoms with Gasteiger partial charge in [-0.2, -0.15) is 0 Å². The third kappa shape index (κ3) is 3.58. The highest BCUT2D eigenvalue weighted by atomic mass is 16.5. The van der Waals surface area contributed by atoms with Crippen LogP contribution < -0.4 is 11.3 Å². The fourth-order valence-electron chi connectivity index (χ4n) is 1.36. The van der Waals surface area contributed by atoms with Crippen molar-refractivity contribution < 1.29 is 4.74 Å². The van der Waals surface area contributed by atoms with E-state index in [0.29, 0.717) is 6.61 Å². The predicted molar refractivity (Wildman–Crippen MR) is 60.1 cm³/mol. The van der Waals surface area contributed by atoms with E-state index in [9.17, 15) is 0 Å². The Kier molecular flexibility index (Phi) is 4.68. The van der Waals surface area contributed by atoms with Crippen LogP contribution in [-0.2, 0) is 4.74 Å². The van der Waals surface area contributed by atoms with Crippen LogP contribution in [0, 0.1) is 6.92 Å². The normalized spacial score (nSPS) is 13.1. The summed E-state index contributed by atoms with van der Waals surface area (Å²) in [7, 11) is 0. The molecule has 0 bridgehead atoms. The van der Waals surface area contributed by atoms with E-state index < -0.39 is 0 Å². The Morgan fingerprint density at radius 1 is 1.53 bits per heavy atom. The van der Waals surface area contributed by atoms with Gasteiger partial charge in [0.25, 0.3) is 0 Å². The minimum absolute atomic E-state index is 0.00102. The molecule has 0 saturated heterocycles. The van der Waals surface area contributed by atoms with Gasteiger partial charge in [0.1, 0.15) is 0 Å². The van der Waals surface area contributed by atoms with Crippen LogP contribution in [0.3, 0.4) is 0 Å². The molecular weight excluding hydrogens is 190 g/mol. The van der Waals surface area contributed by atoms with Crippen molar-refractivity contribution >= 4 is 0 Å². The molecule has 1 heterocycles. The molecule has 15 heavy (non-hydrogen) atoms. The number of hydrogen-bond donors (Lipinski definition) is 2. The Morgan fingerprint density at radius 3 is 2.80 bits per heavy atom. The molecular formula is C11H19N3O. The van der Waals surface area contributed by atoms with Crippen LogP contribution in [0.5, 0.6) is 0 Å². The smallest absolute Gasteiger partial charge is 0.0711 e. The molecule has 0 spiro atoms. The quantitative estimate of drug-likeness (QED) is 0.567. The van der Waals surface area contributed by atoms with Gasteiger partial charge in [-0.3, -0.25) is 16.3 Å². The van der Waals surface area contributed by atoms with E-state index in [1.54, 1.807) is 6.20 Å². The van der Waals surface area contributed by atoms with Crippen molar-refractivity contribution in [3.63, 3.8) is 0 Å². The van der Waals surface area contributed by atoms with Crippen molar-refractivity contribution in [1.82, 2.24) is 10.4 Å². The van der Waals surface area contributed by atoms with E-state index in [1.807, 2.05) is 33.0 Å². The second kappa shape index (κ2) is 5.80. The van der Waals surface area contributed by atoms with Crippen LogP contribution in [0.1, 0.15) is 31.0 Å². The van der Waals surface area contributed by atoms with Gasteiger partial charge in [-0.15, -0.1) is 0 Å². The fraction of sp³-hybridized carbons (Fsp3) is 0.545. The molecule has 1 aromatic rings. The van der Waals surface area contributed by atoms with Gasteiger partial charge in [-0.25, -0.2) is 0 Å². The average Bonchev–Trinajstić information content (AvgIpc) is 2.21. The van der Waals surface area contributed by atoms with E-state index in [-0.39, 0.29) is 12.1 Å². The van der Waals surface area contributed by atoms with Crippen LogP contribution in [0.4, 0.5) is 0 Å². The number of nitrogens with two attached hydrogens (primary N) is 1. The molecule has 0 saturated carbocycles. The standard InChI is InChI=1S/C11H19N3O/c1-8(2)15-7-11(14-12)10-6-13-5-4-9(10)3/h4-6,8,11,14H,7,12H2,1-3H3. The third-order valence-corrected chi connectivity index (χ3v) is 2.25. The summed E-state index contributed by atoms with van der Waals surface area (Å²) in [4.78, 5) is 4.09. The highest BCUT2D eigenvalue weighted by molar-refractivity contribution is 5.24. The number of hydrogen-bond acceptors (Lipinski definition) is 4. The van der Waals surface area contributed by atoms with Crippen molar-refractivity contribution in [2.75, 3.05) is 6.61 Å². The van der Waals surface area contributed by atoms with Crippen molar-refractivity contribution in [2.24, 2.45) is 5.84 Å². The van der Waals surface area contributed by atoms with Crippen molar-refractivity contribution in [3.8, 4) is 0 Å².